The molecule has 20 heavy (non-hydrogen) atoms. The van der Waals surface area contributed by atoms with E-state index in [9.17, 15) is 4.39 Å². The molecule has 0 radical (unpaired) electrons. The van der Waals surface area contributed by atoms with Crippen LogP contribution in [0.15, 0.2) is 18.2 Å². The highest BCUT2D eigenvalue weighted by Gasteiger charge is 2.24. The maximum Gasteiger partial charge on any atom is 0.146 e. The first kappa shape index (κ1) is 15.3. The van der Waals surface area contributed by atoms with Gasteiger partial charge >= 0.3 is 0 Å². The van der Waals surface area contributed by atoms with Crippen LogP contribution < -0.4 is 10.2 Å². The van der Waals surface area contributed by atoms with Crippen LogP contribution in [0.2, 0.25) is 0 Å². The lowest BCUT2D eigenvalue weighted by molar-refractivity contribution is 0.209. The number of para-hydroxylation sites is 1. The van der Waals surface area contributed by atoms with Gasteiger partial charge in [0.05, 0.1) is 5.69 Å². The number of piperazine rings is 1. The highest BCUT2D eigenvalue weighted by molar-refractivity contribution is 5.56. The molecule has 1 saturated heterocycles. The van der Waals surface area contributed by atoms with Crippen LogP contribution in [0.3, 0.4) is 0 Å². The third-order valence-corrected chi connectivity index (χ3v) is 4.28. The van der Waals surface area contributed by atoms with Crippen molar-refractivity contribution >= 4 is 5.69 Å². The van der Waals surface area contributed by atoms with Crippen LogP contribution in [0.25, 0.3) is 0 Å². The van der Waals surface area contributed by atoms with Gasteiger partial charge in [0.2, 0.25) is 0 Å². The van der Waals surface area contributed by atoms with Crippen molar-refractivity contribution in [3.05, 3.63) is 29.6 Å². The van der Waals surface area contributed by atoms with Gasteiger partial charge in [-0.2, -0.15) is 0 Å². The number of benzene rings is 1. The van der Waals surface area contributed by atoms with Crippen LogP contribution in [0, 0.1) is 5.82 Å². The first-order chi connectivity index (χ1) is 9.54. The zero-order valence-corrected chi connectivity index (χ0v) is 13.0. The molecule has 2 rings (SSSR count). The Morgan fingerprint density at radius 2 is 1.75 bits per heavy atom. The summed E-state index contributed by atoms with van der Waals surface area (Å²) in [6.07, 6.45) is 0. The van der Waals surface area contributed by atoms with E-state index in [0.717, 1.165) is 37.4 Å². The van der Waals surface area contributed by atoms with Crippen molar-refractivity contribution in [2.75, 3.05) is 38.1 Å². The summed E-state index contributed by atoms with van der Waals surface area (Å²) < 4.78 is 14.3. The molecule has 1 aromatic rings. The van der Waals surface area contributed by atoms with Crippen LogP contribution in [-0.4, -0.2) is 44.2 Å². The Labute approximate surface area is 121 Å². The summed E-state index contributed by atoms with van der Waals surface area (Å²) in [5, 5.41) is 3.21. The monoisotopic (exact) mass is 279 g/mol. The third kappa shape index (κ3) is 3.13. The Kier molecular flexibility index (Phi) is 5.00. The smallest absolute Gasteiger partial charge is 0.146 e. The van der Waals surface area contributed by atoms with Gasteiger partial charge in [-0.15, -0.1) is 0 Å². The molecule has 112 valence electrons. The number of halogens is 1. The maximum atomic E-state index is 14.3. The van der Waals surface area contributed by atoms with Crippen molar-refractivity contribution in [1.29, 1.82) is 0 Å². The lowest BCUT2D eigenvalue weighted by atomic mass is 10.0. The number of hydrogen-bond acceptors (Lipinski definition) is 3. The molecule has 1 fully saturated rings. The molecule has 1 atom stereocenters. The van der Waals surface area contributed by atoms with Gasteiger partial charge in [-0.25, -0.2) is 4.39 Å². The lowest BCUT2D eigenvalue weighted by Gasteiger charge is -2.39. The Balaban J connectivity index is 2.21. The van der Waals surface area contributed by atoms with Gasteiger partial charge < -0.3 is 10.2 Å². The minimum absolute atomic E-state index is 0.109. The van der Waals surface area contributed by atoms with Crippen LogP contribution >= 0.6 is 0 Å². The number of rotatable bonds is 4. The first-order valence-corrected chi connectivity index (χ1v) is 7.49. The summed E-state index contributed by atoms with van der Waals surface area (Å²) in [5.74, 6) is -0.109. The molecule has 1 aliphatic heterocycles. The van der Waals surface area contributed by atoms with Crippen molar-refractivity contribution in [2.24, 2.45) is 0 Å². The first-order valence-electron chi connectivity index (χ1n) is 7.49. The molecule has 0 amide bonds. The Bertz CT molecular complexity index is 439. The average molecular weight is 279 g/mol. The molecular formula is C16H26FN3. The van der Waals surface area contributed by atoms with E-state index in [1.54, 1.807) is 12.1 Å². The molecule has 0 aliphatic carbocycles. The maximum absolute atomic E-state index is 14.3. The summed E-state index contributed by atoms with van der Waals surface area (Å²) in [6, 6.07) is 6.11. The van der Waals surface area contributed by atoms with Crippen LogP contribution in [0.1, 0.15) is 32.4 Å². The molecule has 0 saturated carbocycles. The quantitative estimate of drug-likeness (QED) is 0.914. The van der Waals surface area contributed by atoms with E-state index < -0.39 is 0 Å². The summed E-state index contributed by atoms with van der Waals surface area (Å²) in [4.78, 5) is 4.63. The van der Waals surface area contributed by atoms with E-state index in [4.69, 9.17) is 0 Å². The molecule has 3 nitrogen and oxygen atoms in total. The van der Waals surface area contributed by atoms with E-state index in [2.05, 4.69) is 35.9 Å². The highest BCUT2D eigenvalue weighted by Crippen LogP contribution is 2.30. The van der Waals surface area contributed by atoms with E-state index >= 15 is 0 Å². The molecule has 1 heterocycles. The fourth-order valence-corrected chi connectivity index (χ4v) is 2.83. The molecule has 1 aliphatic rings. The van der Waals surface area contributed by atoms with Gasteiger partial charge in [-0.05, 0) is 39.4 Å². The van der Waals surface area contributed by atoms with E-state index in [0.29, 0.717) is 6.04 Å². The van der Waals surface area contributed by atoms with Gasteiger partial charge in [-0.3, -0.25) is 4.90 Å². The number of hydrogen-bond donors (Lipinski definition) is 1. The standard InChI is InChI=1S/C16H26FN3/c1-12(2)19-8-10-20(11-9-19)16-14(13(3)18-4)6-5-7-15(16)17/h5-7,12-13,18H,8-11H2,1-4H3. The predicted molar refractivity (Wildman–Crippen MR) is 82.8 cm³/mol. The average Bonchev–Trinajstić information content (AvgIpc) is 2.46. The van der Waals surface area contributed by atoms with Gasteiger partial charge in [0.1, 0.15) is 5.82 Å². The minimum Gasteiger partial charge on any atom is -0.366 e. The topological polar surface area (TPSA) is 18.5 Å². The second-order valence-corrected chi connectivity index (χ2v) is 5.80. The summed E-state index contributed by atoms with van der Waals surface area (Å²) in [7, 11) is 1.91. The van der Waals surface area contributed by atoms with Crippen molar-refractivity contribution in [3.63, 3.8) is 0 Å². The molecule has 0 spiro atoms. The highest BCUT2D eigenvalue weighted by atomic mass is 19.1. The summed E-state index contributed by atoms with van der Waals surface area (Å²) in [6.45, 7) is 10.3. The van der Waals surface area contributed by atoms with Gasteiger partial charge in [-0.1, -0.05) is 12.1 Å². The number of nitrogens with zero attached hydrogens (tertiary/aromatic N) is 2. The normalized spacial score (nSPS) is 18.6. The van der Waals surface area contributed by atoms with E-state index in [1.807, 2.05) is 13.1 Å². The lowest BCUT2D eigenvalue weighted by Crippen LogP contribution is -2.49. The molecular weight excluding hydrogens is 253 g/mol. The Morgan fingerprint density at radius 3 is 2.30 bits per heavy atom. The fourth-order valence-electron chi connectivity index (χ4n) is 2.83. The zero-order valence-electron chi connectivity index (χ0n) is 13.0. The molecule has 1 N–H and O–H groups in total. The molecule has 1 unspecified atom stereocenters. The van der Waals surface area contributed by atoms with Crippen molar-refractivity contribution in [2.45, 2.75) is 32.9 Å². The second kappa shape index (κ2) is 6.55. The van der Waals surface area contributed by atoms with Gasteiger partial charge in [0, 0.05) is 38.3 Å². The number of anilines is 1. The molecule has 0 bridgehead atoms. The second-order valence-electron chi connectivity index (χ2n) is 5.80. The van der Waals surface area contributed by atoms with Crippen LogP contribution in [0.4, 0.5) is 10.1 Å². The fraction of sp³-hybridized carbons (Fsp3) is 0.625. The molecule has 0 aromatic heterocycles. The SMILES string of the molecule is CNC(C)c1cccc(F)c1N1CCN(C(C)C)CC1. The molecule has 4 heteroatoms. The van der Waals surface area contributed by atoms with E-state index in [1.165, 1.54) is 0 Å². The summed E-state index contributed by atoms with van der Waals surface area (Å²) >= 11 is 0. The summed E-state index contributed by atoms with van der Waals surface area (Å²) in [5.41, 5.74) is 1.82. The minimum atomic E-state index is -0.109. The van der Waals surface area contributed by atoms with Gasteiger partial charge in [0.25, 0.3) is 0 Å². The number of nitrogens with one attached hydrogen (secondary N) is 1. The van der Waals surface area contributed by atoms with Crippen molar-refractivity contribution < 1.29 is 4.39 Å². The van der Waals surface area contributed by atoms with Crippen molar-refractivity contribution in [3.8, 4) is 0 Å². The van der Waals surface area contributed by atoms with E-state index in [-0.39, 0.29) is 11.9 Å². The van der Waals surface area contributed by atoms with Crippen molar-refractivity contribution in [1.82, 2.24) is 10.2 Å². The van der Waals surface area contributed by atoms with Crippen LogP contribution in [-0.2, 0) is 0 Å². The van der Waals surface area contributed by atoms with Gasteiger partial charge in [0.15, 0.2) is 0 Å². The zero-order chi connectivity index (χ0) is 14.7. The Morgan fingerprint density at radius 1 is 1.10 bits per heavy atom. The van der Waals surface area contributed by atoms with Crippen LogP contribution in [0.5, 0.6) is 0 Å². The predicted octanol–water partition coefficient (Wildman–Crippen LogP) is 2.64. The molecule has 1 aromatic carbocycles. The third-order valence-electron chi connectivity index (χ3n) is 4.28. The largest absolute Gasteiger partial charge is 0.366 e. The Hall–Kier alpha value is -1.13.